The highest BCUT2D eigenvalue weighted by molar-refractivity contribution is 5.75. The predicted molar refractivity (Wildman–Crippen MR) is 57.9 cm³/mol. The molecule has 0 aliphatic heterocycles. The standard InChI is InChI=1S/C11H22N2O/c1-3-7-13-11(4-2,8-10(12)14)9-5-6-9/h9,13H,3-8H2,1-2H3,(H2,12,14). The van der Waals surface area contributed by atoms with Crippen LogP contribution in [0.4, 0.5) is 0 Å². The Bertz CT molecular complexity index is 201. The van der Waals surface area contributed by atoms with Crippen LogP contribution in [0.15, 0.2) is 0 Å². The van der Waals surface area contributed by atoms with Crippen LogP contribution in [0.5, 0.6) is 0 Å². The fraction of sp³-hybridized carbons (Fsp3) is 0.909. The average molecular weight is 198 g/mol. The van der Waals surface area contributed by atoms with Crippen molar-refractivity contribution in [2.45, 2.75) is 51.5 Å². The van der Waals surface area contributed by atoms with E-state index in [1.165, 1.54) is 12.8 Å². The maximum atomic E-state index is 11.1. The lowest BCUT2D eigenvalue weighted by atomic mass is 9.86. The molecule has 1 unspecified atom stereocenters. The number of nitrogens with one attached hydrogen (secondary N) is 1. The van der Waals surface area contributed by atoms with Crippen molar-refractivity contribution >= 4 is 5.91 Å². The van der Waals surface area contributed by atoms with Gasteiger partial charge in [0.1, 0.15) is 0 Å². The minimum absolute atomic E-state index is 0.00183. The van der Waals surface area contributed by atoms with Crippen LogP contribution in [0.2, 0.25) is 0 Å². The molecule has 1 saturated carbocycles. The van der Waals surface area contributed by atoms with Crippen molar-refractivity contribution in [3.05, 3.63) is 0 Å². The van der Waals surface area contributed by atoms with E-state index in [0.717, 1.165) is 19.4 Å². The molecule has 1 aliphatic rings. The summed E-state index contributed by atoms with van der Waals surface area (Å²) in [6.45, 7) is 5.27. The zero-order valence-corrected chi connectivity index (χ0v) is 9.31. The van der Waals surface area contributed by atoms with Gasteiger partial charge in [0, 0.05) is 12.0 Å². The molecule has 1 rings (SSSR count). The summed E-state index contributed by atoms with van der Waals surface area (Å²) in [6.07, 6.45) is 5.09. The van der Waals surface area contributed by atoms with E-state index in [-0.39, 0.29) is 11.4 Å². The maximum absolute atomic E-state index is 11.1. The zero-order valence-electron chi connectivity index (χ0n) is 9.31. The Morgan fingerprint density at radius 3 is 2.50 bits per heavy atom. The Balaban J connectivity index is 2.59. The molecule has 0 bridgehead atoms. The number of hydrogen-bond acceptors (Lipinski definition) is 2. The molecule has 0 heterocycles. The highest BCUT2D eigenvalue weighted by atomic mass is 16.1. The highest BCUT2D eigenvalue weighted by Gasteiger charge is 2.44. The molecule has 0 aromatic carbocycles. The molecular weight excluding hydrogens is 176 g/mol. The Kier molecular flexibility index (Phi) is 3.93. The fourth-order valence-electron chi connectivity index (χ4n) is 2.21. The molecular formula is C11H22N2O. The largest absolute Gasteiger partial charge is 0.370 e. The molecule has 1 aliphatic carbocycles. The number of carbonyl (C=O) groups excluding carboxylic acids is 1. The van der Waals surface area contributed by atoms with Gasteiger partial charge in [0.25, 0.3) is 0 Å². The van der Waals surface area contributed by atoms with E-state index in [1.807, 2.05) is 0 Å². The summed E-state index contributed by atoms with van der Waals surface area (Å²) in [5, 5.41) is 3.53. The van der Waals surface area contributed by atoms with E-state index in [0.29, 0.717) is 12.3 Å². The van der Waals surface area contributed by atoms with E-state index in [4.69, 9.17) is 5.73 Å². The van der Waals surface area contributed by atoms with Gasteiger partial charge in [-0.25, -0.2) is 0 Å². The monoisotopic (exact) mass is 198 g/mol. The average Bonchev–Trinajstić information content (AvgIpc) is 2.95. The van der Waals surface area contributed by atoms with Crippen LogP contribution in [0, 0.1) is 5.92 Å². The first-order valence-electron chi connectivity index (χ1n) is 5.68. The normalized spacial score (nSPS) is 20.4. The molecule has 0 saturated heterocycles. The van der Waals surface area contributed by atoms with Crippen LogP contribution in [0.25, 0.3) is 0 Å². The zero-order chi connectivity index (χ0) is 10.6. The number of carbonyl (C=O) groups is 1. The first-order valence-corrected chi connectivity index (χ1v) is 5.68. The van der Waals surface area contributed by atoms with Crippen LogP contribution in [0.3, 0.4) is 0 Å². The second-order valence-corrected chi connectivity index (χ2v) is 4.35. The number of amides is 1. The Morgan fingerprint density at radius 1 is 1.50 bits per heavy atom. The van der Waals surface area contributed by atoms with Crippen molar-refractivity contribution in [2.24, 2.45) is 11.7 Å². The second kappa shape index (κ2) is 4.78. The summed E-state index contributed by atoms with van der Waals surface area (Å²) in [7, 11) is 0. The van der Waals surface area contributed by atoms with Crippen molar-refractivity contribution < 1.29 is 4.79 Å². The molecule has 0 spiro atoms. The first kappa shape index (κ1) is 11.5. The Labute approximate surface area is 86.4 Å². The van der Waals surface area contributed by atoms with Crippen molar-refractivity contribution in [3.63, 3.8) is 0 Å². The highest BCUT2D eigenvalue weighted by Crippen LogP contribution is 2.43. The minimum Gasteiger partial charge on any atom is -0.370 e. The molecule has 0 aromatic heterocycles. The summed E-state index contributed by atoms with van der Waals surface area (Å²) >= 11 is 0. The third-order valence-corrected chi connectivity index (χ3v) is 3.21. The molecule has 3 heteroatoms. The lowest BCUT2D eigenvalue weighted by molar-refractivity contribution is -0.119. The molecule has 1 atom stereocenters. The van der Waals surface area contributed by atoms with Crippen molar-refractivity contribution in [3.8, 4) is 0 Å². The van der Waals surface area contributed by atoms with Crippen LogP contribution >= 0.6 is 0 Å². The van der Waals surface area contributed by atoms with Gasteiger partial charge >= 0.3 is 0 Å². The number of rotatable bonds is 7. The first-order chi connectivity index (χ1) is 6.64. The van der Waals surface area contributed by atoms with Gasteiger partial charge in [-0.2, -0.15) is 0 Å². The quantitative estimate of drug-likeness (QED) is 0.650. The third kappa shape index (κ3) is 2.71. The summed E-state index contributed by atoms with van der Waals surface area (Å²) in [5.41, 5.74) is 5.31. The van der Waals surface area contributed by atoms with Crippen LogP contribution in [-0.4, -0.2) is 18.0 Å². The van der Waals surface area contributed by atoms with Crippen LogP contribution < -0.4 is 11.1 Å². The molecule has 0 radical (unpaired) electrons. The van der Waals surface area contributed by atoms with Gasteiger partial charge in [-0.3, -0.25) is 4.79 Å². The van der Waals surface area contributed by atoms with E-state index < -0.39 is 0 Å². The maximum Gasteiger partial charge on any atom is 0.219 e. The van der Waals surface area contributed by atoms with Crippen molar-refractivity contribution in [1.29, 1.82) is 0 Å². The van der Waals surface area contributed by atoms with E-state index in [1.54, 1.807) is 0 Å². The Hall–Kier alpha value is -0.570. The van der Waals surface area contributed by atoms with Gasteiger partial charge in [-0.1, -0.05) is 13.8 Å². The Morgan fingerprint density at radius 2 is 2.14 bits per heavy atom. The lowest BCUT2D eigenvalue weighted by Crippen LogP contribution is -2.49. The lowest BCUT2D eigenvalue weighted by Gasteiger charge is -2.33. The number of hydrogen-bond donors (Lipinski definition) is 2. The molecule has 1 amide bonds. The SMILES string of the molecule is CCCNC(CC)(CC(N)=O)C1CC1. The van der Waals surface area contributed by atoms with E-state index >= 15 is 0 Å². The van der Waals surface area contributed by atoms with Crippen LogP contribution in [-0.2, 0) is 4.79 Å². The molecule has 3 nitrogen and oxygen atoms in total. The van der Waals surface area contributed by atoms with Gasteiger partial charge < -0.3 is 11.1 Å². The van der Waals surface area contributed by atoms with Gasteiger partial charge in [0.2, 0.25) is 5.91 Å². The topological polar surface area (TPSA) is 55.1 Å². The fourth-order valence-corrected chi connectivity index (χ4v) is 2.21. The predicted octanol–water partition coefficient (Wildman–Crippen LogP) is 1.42. The van der Waals surface area contributed by atoms with E-state index in [2.05, 4.69) is 19.2 Å². The second-order valence-electron chi connectivity index (χ2n) is 4.35. The van der Waals surface area contributed by atoms with Crippen LogP contribution in [0.1, 0.15) is 46.0 Å². The molecule has 3 N–H and O–H groups in total. The van der Waals surface area contributed by atoms with Gasteiger partial charge in [-0.05, 0) is 38.1 Å². The number of nitrogens with two attached hydrogens (primary N) is 1. The third-order valence-electron chi connectivity index (χ3n) is 3.21. The van der Waals surface area contributed by atoms with Crippen molar-refractivity contribution in [2.75, 3.05) is 6.54 Å². The molecule has 0 aromatic rings. The summed E-state index contributed by atoms with van der Waals surface area (Å²) in [4.78, 5) is 11.1. The smallest absolute Gasteiger partial charge is 0.219 e. The molecule has 1 fully saturated rings. The molecule has 14 heavy (non-hydrogen) atoms. The minimum atomic E-state index is -0.178. The van der Waals surface area contributed by atoms with Gasteiger partial charge in [0.05, 0.1) is 0 Å². The van der Waals surface area contributed by atoms with Gasteiger partial charge in [0.15, 0.2) is 0 Å². The van der Waals surface area contributed by atoms with E-state index in [9.17, 15) is 4.79 Å². The summed E-state index contributed by atoms with van der Waals surface area (Å²) in [5.74, 6) is 0.494. The summed E-state index contributed by atoms with van der Waals surface area (Å²) in [6, 6.07) is 0. The summed E-state index contributed by atoms with van der Waals surface area (Å²) < 4.78 is 0. The molecule has 82 valence electrons. The number of primary amides is 1. The van der Waals surface area contributed by atoms with Gasteiger partial charge in [-0.15, -0.1) is 0 Å². The van der Waals surface area contributed by atoms with Crippen molar-refractivity contribution in [1.82, 2.24) is 5.32 Å².